The van der Waals surface area contributed by atoms with Crippen molar-refractivity contribution in [2.45, 2.75) is 31.9 Å². The van der Waals surface area contributed by atoms with Gasteiger partial charge in [0.25, 0.3) is 5.91 Å². The molecule has 0 aliphatic carbocycles. The van der Waals surface area contributed by atoms with Crippen LogP contribution in [0.3, 0.4) is 0 Å². The summed E-state index contributed by atoms with van der Waals surface area (Å²) in [6.07, 6.45) is 0.0734. The first kappa shape index (κ1) is 18.0. The van der Waals surface area contributed by atoms with Gasteiger partial charge in [-0.15, -0.1) is 0 Å². The van der Waals surface area contributed by atoms with Gasteiger partial charge in [0.05, 0.1) is 19.3 Å². The van der Waals surface area contributed by atoms with Crippen molar-refractivity contribution in [3.63, 3.8) is 0 Å². The summed E-state index contributed by atoms with van der Waals surface area (Å²) in [6.45, 7) is 4.33. The van der Waals surface area contributed by atoms with Crippen LogP contribution < -0.4 is 5.73 Å². The van der Waals surface area contributed by atoms with Gasteiger partial charge in [-0.25, -0.2) is 0 Å². The third-order valence-corrected chi connectivity index (χ3v) is 3.55. The van der Waals surface area contributed by atoms with Gasteiger partial charge in [-0.05, 0) is 32.0 Å². The summed E-state index contributed by atoms with van der Waals surface area (Å²) in [5.41, 5.74) is 5.28. The summed E-state index contributed by atoms with van der Waals surface area (Å²) in [7, 11) is 0. The van der Waals surface area contributed by atoms with Gasteiger partial charge in [-0.3, -0.25) is 9.59 Å². The molecule has 1 atom stereocenters. The minimum Gasteiger partial charge on any atom is -0.378 e. The Balaban J connectivity index is 2.21. The lowest BCUT2D eigenvalue weighted by Gasteiger charge is -2.35. The lowest BCUT2D eigenvalue weighted by molar-refractivity contribution is -0.120. The quantitative estimate of drug-likeness (QED) is 0.791. The largest absolute Gasteiger partial charge is 0.378 e. The average Bonchev–Trinajstić information content (AvgIpc) is 2.52. The number of aliphatic hydroxyl groups is 1. The Morgan fingerprint density at radius 3 is 2.88 bits per heavy atom. The molecule has 1 aromatic carbocycles. The predicted octanol–water partition coefficient (Wildman–Crippen LogP) is 0.525. The molecule has 1 heterocycles. The van der Waals surface area contributed by atoms with Gasteiger partial charge >= 0.3 is 0 Å². The van der Waals surface area contributed by atoms with Gasteiger partial charge in [-0.1, -0.05) is 17.9 Å². The fraction of sp³-hybridized carbons (Fsp3) is 0.444. The number of carbonyl (C=O) groups excluding carboxylic acids is 2. The van der Waals surface area contributed by atoms with Crippen LogP contribution in [0.5, 0.6) is 0 Å². The summed E-state index contributed by atoms with van der Waals surface area (Å²) in [6, 6.07) is 6.54. The van der Waals surface area contributed by atoms with Crippen molar-refractivity contribution in [3.8, 4) is 11.8 Å². The zero-order chi connectivity index (χ0) is 17.7. The van der Waals surface area contributed by atoms with Crippen molar-refractivity contribution in [1.82, 2.24) is 4.90 Å². The maximum Gasteiger partial charge on any atom is 0.254 e. The lowest BCUT2D eigenvalue weighted by Crippen LogP contribution is -2.50. The highest BCUT2D eigenvalue weighted by Crippen LogP contribution is 2.16. The molecule has 2 rings (SSSR count). The molecule has 2 amide bonds. The molecule has 1 fully saturated rings. The third-order valence-electron chi connectivity index (χ3n) is 3.55. The van der Waals surface area contributed by atoms with Crippen LogP contribution in [-0.4, -0.2) is 53.2 Å². The Kier molecular flexibility index (Phi) is 5.60. The molecular formula is C18H22N2O4. The molecule has 24 heavy (non-hydrogen) atoms. The fourth-order valence-electron chi connectivity index (χ4n) is 2.44. The van der Waals surface area contributed by atoms with Crippen LogP contribution in [0.1, 0.15) is 36.2 Å². The number of morpholine rings is 1. The number of hydrogen-bond acceptors (Lipinski definition) is 4. The number of carbonyl (C=O) groups is 2. The maximum absolute atomic E-state index is 12.8. The van der Waals surface area contributed by atoms with E-state index in [1.54, 1.807) is 43.0 Å². The smallest absolute Gasteiger partial charge is 0.254 e. The standard InChI is InChI=1S/C18H22N2O4/c1-18(2,23)7-6-13-4-3-5-14(10-13)17(22)20-8-9-24-12-15(20)11-16(19)21/h3-5,10,15,23H,8-9,11-12H2,1-2H3,(H2,19,21)/t15-/m1/s1. The first-order valence-corrected chi connectivity index (χ1v) is 7.79. The topological polar surface area (TPSA) is 92.9 Å². The Bertz CT molecular complexity index is 682. The summed E-state index contributed by atoms with van der Waals surface area (Å²) in [5, 5.41) is 9.67. The van der Waals surface area contributed by atoms with Crippen LogP contribution in [-0.2, 0) is 9.53 Å². The number of amides is 2. The van der Waals surface area contributed by atoms with Crippen LogP contribution >= 0.6 is 0 Å². The SMILES string of the molecule is CC(C)(O)C#Cc1cccc(C(=O)N2CCOC[C@H]2CC(N)=O)c1. The van der Waals surface area contributed by atoms with Gasteiger partial charge in [0, 0.05) is 24.1 Å². The van der Waals surface area contributed by atoms with E-state index in [4.69, 9.17) is 10.5 Å². The summed E-state index contributed by atoms with van der Waals surface area (Å²) in [5.74, 6) is 4.93. The molecule has 0 saturated carbocycles. The van der Waals surface area contributed by atoms with E-state index < -0.39 is 11.5 Å². The Labute approximate surface area is 141 Å². The van der Waals surface area contributed by atoms with Crippen molar-refractivity contribution in [2.75, 3.05) is 19.8 Å². The molecule has 1 aliphatic heterocycles. The zero-order valence-corrected chi connectivity index (χ0v) is 13.9. The molecule has 1 aromatic rings. The van der Waals surface area contributed by atoms with Crippen molar-refractivity contribution < 1.29 is 19.4 Å². The normalized spacial score (nSPS) is 17.8. The van der Waals surface area contributed by atoms with Crippen LogP contribution in [0.25, 0.3) is 0 Å². The third kappa shape index (κ3) is 5.08. The minimum absolute atomic E-state index is 0.0734. The van der Waals surface area contributed by atoms with Crippen LogP contribution in [0, 0.1) is 11.8 Å². The van der Waals surface area contributed by atoms with Gasteiger partial charge < -0.3 is 20.5 Å². The summed E-state index contributed by atoms with van der Waals surface area (Å²) in [4.78, 5) is 25.6. The van der Waals surface area contributed by atoms with E-state index in [1.807, 2.05) is 0 Å². The van der Waals surface area contributed by atoms with Crippen LogP contribution in [0.2, 0.25) is 0 Å². The van der Waals surface area contributed by atoms with Crippen molar-refractivity contribution in [3.05, 3.63) is 35.4 Å². The number of ether oxygens (including phenoxy) is 1. The number of nitrogens with zero attached hydrogens (tertiary/aromatic N) is 1. The molecule has 0 unspecified atom stereocenters. The fourth-order valence-corrected chi connectivity index (χ4v) is 2.44. The van der Waals surface area contributed by atoms with E-state index in [2.05, 4.69) is 11.8 Å². The molecule has 1 aliphatic rings. The zero-order valence-electron chi connectivity index (χ0n) is 13.9. The van der Waals surface area contributed by atoms with Gasteiger partial charge in [0.15, 0.2) is 0 Å². The average molecular weight is 330 g/mol. The van der Waals surface area contributed by atoms with Gasteiger partial charge in [0.2, 0.25) is 5.91 Å². The monoisotopic (exact) mass is 330 g/mol. The van der Waals surface area contributed by atoms with E-state index in [0.717, 1.165) is 0 Å². The lowest BCUT2D eigenvalue weighted by atomic mass is 10.1. The van der Waals surface area contributed by atoms with E-state index in [1.165, 1.54) is 0 Å². The second kappa shape index (κ2) is 7.47. The van der Waals surface area contributed by atoms with E-state index in [0.29, 0.717) is 30.9 Å². The van der Waals surface area contributed by atoms with Gasteiger partial charge in [-0.2, -0.15) is 0 Å². The van der Waals surface area contributed by atoms with E-state index >= 15 is 0 Å². The molecule has 6 heteroatoms. The first-order chi connectivity index (χ1) is 11.3. The Hall–Kier alpha value is -2.36. The van der Waals surface area contributed by atoms with Crippen molar-refractivity contribution in [1.29, 1.82) is 0 Å². The molecule has 6 nitrogen and oxygen atoms in total. The molecule has 3 N–H and O–H groups in total. The Morgan fingerprint density at radius 2 is 2.21 bits per heavy atom. The number of nitrogens with two attached hydrogens (primary N) is 1. The highest BCUT2D eigenvalue weighted by atomic mass is 16.5. The highest BCUT2D eigenvalue weighted by Gasteiger charge is 2.29. The van der Waals surface area contributed by atoms with Crippen LogP contribution in [0.15, 0.2) is 24.3 Å². The van der Waals surface area contributed by atoms with Crippen molar-refractivity contribution >= 4 is 11.8 Å². The van der Waals surface area contributed by atoms with E-state index in [-0.39, 0.29) is 18.4 Å². The first-order valence-electron chi connectivity index (χ1n) is 7.79. The second-order valence-corrected chi connectivity index (χ2v) is 6.29. The molecule has 1 saturated heterocycles. The number of benzene rings is 1. The number of primary amides is 1. The predicted molar refractivity (Wildman–Crippen MR) is 89.1 cm³/mol. The summed E-state index contributed by atoms with van der Waals surface area (Å²) >= 11 is 0. The molecule has 0 bridgehead atoms. The second-order valence-electron chi connectivity index (χ2n) is 6.29. The molecule has 128 valence electrons. The van der Waals surface area contributed by atoms with E-state index in [9.17, 15) is 14.7 Å². The number of rotatable bonds is 3. The minimum atomic E-state index is -1.10. The van der Waals surface area contributed by atoms with Crippen LogP contribution in [0.4, 0.5) is 0 Å². The van der Waals surface area contributed by atoms with Gasteiger partial charge in [0.1, 0.15) is 5.60 Å². The Morgan fingerprint density at radius 1 is 1.46 bits per heavy atom. The van der Waals surface area contributed by atoms with Crippen molar-refractivity contribution in [2.24, 2.45) is 5.73 Å². The maximum atomic E-state index is 12.8. The molecular weight excluding hydrogens is 308 g/mol. The molecule has 0 spiro atoms. The summed E-state index contributed by atoms with van der Waals surface area (Å²) < 4.78 is 5.35. The molecule has 0 aromatic heterocycles. The highest BCUT2D eigenvalue weighted by molar-refractivity contribution is 5.95. The molecule has 0 radical (unpaired) electrons. The number of hydrogen-bond donors (Lipinski definition) is 2.